The van der Waals surface area contributed by atoms with Gasteiger partial charge in [0, 0.05) is 4.57 Å². The van der Waals surface area contributed by atoms with Crippen molar-refractivity contribution >= 4 is 8.25 Å². The highest BCUT2D eigenvalue weighted by Gasteiger charge is 2.16. The van der Waals surface area contributed by atoms with E-state index in [1.165, 1.54) is 12.5 Å². The smallest absolute Gasteiger partial charge is 0.231 e. The SMILES string of the molecule is CCC=CO[P+](=O)OC=CCC. The second-order valence-electron chi connectivity index (χ2n) is 1.99. The Bertz CT molecular complexity index is 157. The Morgan fingerprint density at radius 1 is 1.08 bits per heavy atom. The van der Waals surface area contributed by atoms with Crippen LogP contribution in [0.25, 0.3) is 0 Å². The first-order chi connectivity index (χ1) is 5.81. The van der Waals surface area contributed by atoms with Crippen LogP contribution in [0.3, 0.4) is 0 Å². The standard InChI is InChI=1S/C8H14O3P/c1-3-5-7-10-12(9)11-8-6-4-2/h5-8H,3-4H2,1-2H3/q+1. The minimum Gasteiger partial charge on any atom is -0.231 e. The molecular weight excluding hydrogens is 175 g/mol. The van der Waals surface area contributed by atoms with Crippen LogP contribution in [0.4, 0.5) is 0 Å². The molecule has 0 radical (unpaired) electrons. The van der Waals surface area contributed by atoms with E-state index in [9.17, 15) is 4.57 Å². The van der Waals surface area contributed by atoms with Crippen LogP contribution in [0.1, 0.15) is 26.7 Å². The van der Waals surface area contributed by atoms with E-state index < -0.39 is 8.25 Å². The fourth-order valence-corrected chi connectivity index (χ4v) is 0.823. The van der Waals surface area contributed by atoms with Gasteiger partial charge in [-0.3, -0.25) is 0 Å². The fourth-order valence-electron chi connectivity index (χ4n) is 0.403. The van der Waals surface area contributed by atoms with Gasteiger partial charge in [-0.15, -0.1) is 0 Å². The summed E-state index contributed by atoms with van der Waals surface area (Å²) in [6, 6.07) is 0. The van der Waals surface area contributed by atoms with E-state index in [2.05, 4.69) is 9.05 Å². The summed E-state index contributed by atoms with van der Waals surface area (Å²) < 4.78 is 20.2. The zero-order valence-corrected chi connectivity index (χ0v) is 8.29. The summed E-state index contributed by atoms with van der Waals surface area (Å²) in [5.74, 6) is 0. The molecule has 0 fully saturated rings. The molecule has 68 valence electrons. The van der Waals surface area contributed by atoms with Gasteiger partial charge in [0.2, 0.25) is 0 Å². The average molecular weight is 189 g/mol. The number of allylic oxidation sites excluding steroid dienone is 2. The summed E-state index contributed by atoms with van der Waals surface area (Å²) in [5, 5.41) is 0. The lowest BCUT2D eigenvalue weighted by atomic mass is 10.5. The maximum absolute atomic E-state index is 10.8. The molecule has 0 heterocycles. The van der Waals surface area contributed by atoms with Gasteiger partial charge in [-0.2, -0.15) is 0 Å². The molecule has 4 heteroatoms. The van der Waals surface area contributed by atoms with E-state index in [0.29, 0.717) is 0 Å². The van der Waals surface area contributed by atoms with Crippen molar-refractivity contribution in [3.63, 3.8) is 0 Å². The first-order valence-corrected chi connectivity index (χ1v) is 5.01. The van der Waals surface area contributed by atoms with Crippen LogP contribution in [-0.2, 0) is 13.6 Å². The van der Waals surface area contributed by atoms with Crippen molar-refractivity contribution in [3.05, 3.63) is 24.7 Å². The Morgan fingerprint density at radius 3 is 1.83 bits per heavy atom. The molecule has 0 saturated heterocycles. The highest BCUT2D eigenvalue weighted by molar-refractivity contribution is 7.33. The van der Waals surface area contributed by atoms with Gasteiger partial charge in [-0.25, -0.2) is 9.05 Å². The Kier molecular flexibility index (Phi) is 7.71. The van der Waals surface area contributed by atoms with Crippen molar-refractivity contribution in [1.82, 2.24) is 0 Å². The van der Waals surface area contributed by atoms with Crippen molar-refractivity contribution in [1.29, 1.82) is 0 Å². The van der Waals surface area contributed by atoms with Crippen LogP contribution in [0, 0.1) is 0 Å². The van der Waals surface area contributed by atoms with Gasteiger partial charge in [-0.05, 0) is 25.0 Å². The van der Waals surface area contributed by atoms with E-state index in [-0.39, 0.29) is 0 Å². The summed E-state index contributed by atoms with van der Waals surface area (Å²) in [4.78, 5) is 0. The van der Waals surface area contributed by atoms with Crippen molar-refractivity contribution in [3.8, 4) is 0 Å². The van der Waals surface area contributed by atoms with Crippen LogP contribution >= 0.6 is 8.25 Å². The second kappa shape index (κ2) is 8.28. The molecule has 0 aliphatic rings. The molecule has 0 amide bonds. The molecule has 0 unspecified atom stereocenters. The highest BCUT2D eigenvalue weighted by Crippen LogP contribution is 2.24. The molecule has 0 rings (SSSR count). The summed E-state index contributed by atoms with van der Waals surface area (Å²) in [5.41, 5.74) is 0. The molecule has 0 saturated carbocycles. The third-order valence-corrected chi connectivity index (χ3v) is 1.55. The monoisotopic (exact) mass is 189 g/mol. The number of hydrogen-bond donors (Lipinski definition) is 0. The van der Waals surface area contributed by atoms with E-state index in [1.54, 1.807) is 12.2 Å². The topological polar surface area (TPSA) is 35.5 Å². The molecule has 0 aromatic carbocycles. The van der Waals surface area contributed by atoms with Gasteiger partial charge < -0.3 is 0 Å². The zero-order valence-electron chi connectivity index (χ0n) is 7.40. The van der Waals surface area contributed by atoms with Gasteiger partial charge in [0.25, 0.3) is 0 Å². The Morgan fingerprint density at radius 2 is 1.50 bits per heavy atom. The zero-order chi connectivity index (χ0) is 9.23. The molecular formula is C8H14O3P+. The molecule has 0 atom stereocenters. The van der Waals surface area contributed by atoms with Gasteiger partial charge in [0.15, 0.2) is 12.5 Å². The third-order valence-electron chi connectivity index (χ3n) is 0.958. The lowest BCUT2D eigenvalue weighted by molar-refractivity contribution is 0.354. The third kappa shape index (κ3) is 7.29. The van der Waals surface area contributed by atoms with Gasteiger partial charge in [0.05, 0.1) is 0 Å². The lowest BCUT2D eigenvalue weighted by Crippen LogP contribution is -1.69. The van der Waals surface area contributed by atoms with Crippen LogP contribution in [0.5, 0.6) is 0 Å². The minimum absolute atomic E-state index is 0.855. The maximum atomic E-state index is 10.8. The fraction of sp³-hybridized carbons (Fsp3) is 0.500. The largest absolute Gasteiger partial charge is 0.804 e. The van der Waals surface area contributed by atoms with Crippen LogP contribution < -0.4 is 0 Å². The number of rotatable bonds is 6. The normalized spacial score (nSPS) is 12.3. The molecule has 0 aromatic heterocycles. The van der Waals surface area contributed by atoms with Crippen molar-refractivity contribution < 1.29 is 13.6 Å². The van der Waals surface area contributed by atoms with E-state index in [0.717, 1.165) is 12.8 Å². The van der Waals surface area contributed by atoms with Crippen molar-refractivity contribution in [2.75, 3.05) is 0 Å². The quantitative estimate of drug-likeness (QED) is 0.473. The molecule has 0 aliphatic heterocycles. The molecule has 0 bridgehead atoms. The van der Waals surface area contributed by atoms with Crippen molar-refractivity contribution in [2.24, 2.45) is 0 Å². The Balaban J connectivity index is 3.46. The second-order valence-corrected chi connectivity index (χ2v) is 2.86. The summed E-state index contributed by atoms with van der Waals surface area (Å²) in [6.07, 6.45) is 8.01. The van der Waals surface area contributed by atoms with E-state index in [1.807, 2.05) is 13.8 Å². The molecule has 0 spiro atoms. The van der Waals surface area contributed by atoms with Gasteiger partial charge in [-0.1, -0.05) is 13.8 Å². The first-order valence-electron chi connectivity index (χ1n) is 3.92. The molecule has 0 aliphatic carbocycles. The van der Waals surface area contributed by atoms with Crippen LogP contribution in [0.2, 0.25) is 0 Å². The number of hydrogen-bond acceptors (Lipinski definition) is 3. The summed E-state index contributed by atoms with van der Waals surface area (Å²) in [6.45, 7) is 3.93. The highest BCUT2D eigenvalue weighted by atomic mass is 31.1. The average Bonchev–Trinajstić information content (AvgIpc) is 2.06. The lowest BCUT2D eigenvalue weighted by Gasteiger charge is -1.80. The molecule has 3 nitrogen and oxygen atoms in total. The van der Waals surface area contributed by atoms with Crippen LogP contribution in [0.15, 0.2) is 24.7 Å². The maximum Gasteiger partial charge on any atom is 0.804 e. The van der Waals surface area contributed by atoms with Gasteiger partial charge in [0.1, 0.15) is 0 Å². The van der Waals surface area contributed by atoms with Gasteiger partial charge >= 0.3 is 8.25 Å². The predicted molar refractivity (Wildman–Crippen MR) is 48.6 cm³/mol. The summed E-state index contributed by atoms with van der Waals surface area (Å²) >= 11 is 0. The molecule has 0 N–H and O–H groups in total. The van der Waals surface area contributed by atoms with Crippen molar-refractivity contribution in [2.45, 2.75) is 26.7 Å². The molecule has 12 heavy (non-hydrogen) atoms. The Labute approximate surface area is 74.0 Å². The van der Waals surface area contributed by atoms with Crippen LogP contribution in [-0.4, -0.2) is 0 Å². The van der Waals surface area contributed by atoms with E-state index in [4.69, 9.17) is 0 Å². The minimum atomic E-state index is -2.03. The van der Waals surface area contributed by atoms with E-state index >= 15 is 0 Å². The summed E-state index contributed by atoms with van der Waals surface area (Å²) in [7, 11) is -2.03. The Hall–Kier alpha value is -0.820. The molecule has 0 aromatic rings. The predicted octanol–water partition coefficient (Wildman–Crippen LogP) is 3.52. The first kappa shape index (κ1) is 11.2.